The average Bonchev–Trinajstić information content (AvgIpc) is 3.10. The molecule has 4 nitrogen and oxygen atoms in total. The zero-order valence-electron chi connectivity index (χ0n) is 10.2. The SMILES string of the molecule is CN(C(N)=NCC1(O)CCCCC1)C1CC1. The molecular weight excluding hydrogens is 202 g/mol. The van der Waals surface area contributed by atoms with Crippen molar-refractivity contribution < 1.29 is 5.11 Å². The Kier molecular flexibility index (Phi) is 3.38. The van der Waals surface area contributed by atoms with Crippen LogP contribution >= 0.6 is 0 Å². The summed E-state index contributed by atoms with van der Waals surface area (Å²) in [6.07, 6.45) is 7.65. The second-order valence-electron chi connectivity index (χ2n) is 5.30. The quantitative estimate of drug-likeness (QED) is 0.558. The molecule has 3 N–H and O–H groups in total. The molecule has 0 amide bonds. The Hall–Kier alpha value is -0.770. The average molecular weight is 225 g/mol. The van der Waals surface area contributed by atoms with E-state index in [2.05, 4.69) is 4.99 Å². The van der Waals surface area contributed by atoms with E-state index in [1.165, 1.54) is 19.3 Å². The van der Waals surface area contributed by atoms with E-state index in [0.29, 0.717) is 18.5 Å². The van der Waals surface area contributed by atoms with Gasteiger partial charge in [0.2, 0.25) is 0 Å². The van der Waals surface area contributed by atoms with Crippen LogP contribution in [0.2, 0.25) is 0 Å². The molecule has 4 heteroatoms. The third-order valence-corrected chi connectivity index (χ3v) is 3.78. The first-order valence-corrected chi connectivity index (χ1v) is 6.36. The Labute approximate surface area is 97.5 Å². The van der Waals surface area contributed by atoms with Crippen molar-refractivity contribution in [3.63, 3.8) is 0 Å². The molecule has 0 aromatic carbocycles. The molecule has 0 aliphatic heterocycles. The van der Waals surface area contributed by atoms with E-state index in [4.69, 9.17) is 5.73 Å². The van der Waals surface area contributed by atoms with Gasteiger partial charge in [-0.3, -0.25) is 4.99 Å². The maximum atomic E-state index is 10.3. The molecular formula is C12H23N3O. The van der Waals surface area contributed by atoms with E-state index in [1.54, 1.807) is 0 Å². The van der Waals surface area contributed by atoms with E-state index < -0.39 is 5.60 Å². The molecule has 0 saturated heterocycles. The van der Waals surface area contributed by atoms with E-state index in [1.807, 2.05) is 11.9 Å². The van der Waals surface area contributed by atoms with E-state index in [9.17, 15) is 5.11 Å². The van der Waals surface area contributed by atoms with Crippen molar-refractivity contribution in [2.75, 3.05) is 13.6 Å². The van der Waals surface area contributed by atoms with Crippen molar-refractivity contribution in [2.45, 2.75) is 56.6 Å². The maximum Gasteiger partial charge on any atom is 0.191 e. The minimum absolute atomic E-state index is 0.468. The van der Waals surface area contributed by atoms with Crippen LogP contribution in [-0.2, 0) is 0 Å². The second kappa shape index (κ2) is 4.62. The third kappa shape index (κ3) is 2.88. The lowest BCUT2D eigenvalue weighted by Gasteiger charge is -2.30. The third-order valence-electron chi connectivity index (χ3n) is 3.78. The predicted octanol–water partition coefficient (Wildman–Crippen LogP) is 1.09. The van der Waals surface area contributed by atoms with Crippen LogP contribution in [0.15, 0.2) is 4.99 Å². The van der Waals surface area contributed by atoms with Crippen LogP contribution in [0.3, 0.4) is 0 Å². The van der Waals surface area contributed by atoms with Gasteiger partial charge in [0.25, 0.3) is 0 Å². The minimum atomic E-state index is -0.590. The predicted molar refractivity (Wildman–Crippen MR) is 65.3 cm³/mol. The first-order chi connectivity index (χ1) is 7.61. The van der Waals surface area contributed by atoms with Gasteiger partial charge in [-0.2, -0.15) is 0 Å². The number of hydrogen-bond donors (Lipinski definition) is 2. The molecule has 2 fully saturated rings. The van der Waals surface area contributed by atoms with Crippen molar-refractivity contribution >= 4 is 5.96 Å². The standard InChI is InChI=1S/C12H23N3O/c1-15(10-5-6-10)11(13)14-9-12(16)7-3-2-4-8-12/h10,16H,2-9H2,1H3,(H2,13,14). The normalized spacial score (nSPS) is 25.5. The number of rotatable bonds is 3. The smallest absolute Gasteiger partial charge is 0.191 e. The summed E-state index contributed by atoms with van der Waals surface area (Å²) in [5.74, 6) is 0.585. The summed E-state index contributed by atoms with van der Waals surface area (Å²) in [5, 5.41) is 10.3. The molecule has 2 rings (SSSR count). The molecule has 0 aromatic rings. The summed E-state index contributed by atoms with van der Waals surface area (Å²) in [6.45, 7) is 0.468. The van der Waals surface area contributed by atoms with Gasteiger partial charge < -0.3 is 15.7 Å². The zero-order valence-corrected chi connectivity index (χ0v) is 10.2. The van der Waals surface area contributed by atoms with Gasteiger partial charge in [-0.1, -0.05) is 19.3 Å². The van der Waals surface area contributed by atoms with Crippen molar-refractivity contribution in [3.05, 3.63) is 0 Å². The van der Waals surface area contributed by atoms with Gasteiger partial charge in [-0.05, 0) is 25.7 Å². The molecule has 2 aliphatic carbocycles. The van der Waals surface area contributed by atoms with Crippen molar-refractivity contribution in [1.82, 2.24) is 4.90 Å². The molecule has 0 unspecified atom stereocenters. The van der Waals surface area contributed by atoms with Crippen LogP contribution < -0.4 is 5.73 Å². The van der Waals surface area contributed by atoms with Crippen LogP contribution in [0.1, 0.15) is 44.9 Å². The minimum Gasteiger partial charge on any atom is -0.388 e. The van der Waals surface area contributed by atoms with Crippen molar-refractivity contribution in [1.29, 1.82) is 0 Å². The lowest BCUT2D eigenvalue weighted by Crippen LogP contribution is -2.39. The fraction of sp³-hybridized carbons (Fsp3) is 0.917. The van der Waals surface area contributed by atoms with Crippen molar-refractivity contribution in [3.8, 4) is 0 Å². The number of aliphatic hydroxyl groups is 1. The highest BCUT2D eigenvalue weighted by atomic mass is 16.3. The first kappa shape index (κ1) is 11.7. The van der Waals surface area contributed by atoms with Crippen LogP contribution in [0.25, 0.3) is 0 Å². The summed E-state index contributed by atoms with van der Waals surface area (Å²) >= 11 is 0. The lowest BCUT2D eigenvalue weighted by atomic mass is 9.85. The molecule has 16 heavy (non-hydrogen) atoms. The zero-order chi connectivity index (χ0) is 11.6. The molecule has 0 heterocycles. The number of nitrogens with two attached hydrogens (primary N) is 1. The highest BCUT2D eigenvalue weighted by molar-refractivity contribution is 5.78. The monoisotopic (exact) mass is 225 g/mol. The van der Waals surface area contributed by atoms with Gasteiger partial charge in [-0.25, -0.2) is 0 Å². The number of nitrogens with zero attached hydrogens (tertiary/aromatic N) is 2. The fourth-order valence-electron chi connectivity index (χ4n) is 2.36. The fourth-order valence-corrected chi connectivity index (χ4v) is 2.36. The molecule has 2 aliphatic rings. The molecule has 0 bridgehead atoms. The van der Waals surface area contributed by atoms with E-state index in [0.717, 1.165) is 25.7 Å². The largest absolute Gasteiger partial charge is 0.388 e. The number of hydrogen-bond acceptors (Lipinski definition) is 2. The molecule has 0 aromatic heterocycles. The summed E-state index contributed by atoms with van der Waals surface area (Å²) in [6, 6.07) is 0.588. The molecule has 2 saturated carbocycles. The maximum absolute atomic E-state index is 10.3. The van der Waals surface area contributed by atoms with Crippen LogP contribution in [-0.4, -0.2) is 41.2 Å². The summed E-state index contributed by atoms with van der Waals surface area (Å²) < 4.78 is 0. The summed E-state index contributed by atoms with van der Waals surface area (Å²) in [5.41, 5.74) is 5.31. The van der Waals surface area contributed by atoms with Gasteiger partial charge in [0.05, 0.1) is 12.1 Å². The van der Waals surface area contributed by atoms with E-state index >= 15 is 0 Å². The van der Waals surface area contributed by atoms with Crippen LogP contribution in [0.5, 0.6) is 0 Å². The molecule has 0 spiro atoms. The Morgan fingerprint density at radius 1 is 1.38 bits per heavy atom. The van der Waals surface area contributed by atoms with Gasteiger partial charge in [0, 0.05) is 13.1 Å². The Bertz CT molecular complexity index is 267. The van der Waals surface area contributed by atoms with Crippen LogP contribution in [0, 0.1) is 0 Å². The Balaban J connectivity index is 1.85. The number of aliphatic imine (C=N–C) groups is 1. The van der Waals surface area contributed by atoms with Gasteiger partial charge in [-0.15, -0.1) is 0 Å². The second-order valence-corrected chi connectivity index (χ2v) is 5.30. The molecule has 0 radical (unpaired) electrons. The highest BCUT2D eigenvalue weighted by Crippen LogP contribution is 2.28. The van der Waals surface area contributed by atoms with E-state index in [-0.39, 0.29) is 0 Å². The first-order valence-electron chi connectivity index (χ1n) is 6.36. The van der Waals surface area contributed by atoms with Gasteiger partial charge >= 0.3 is 0 Å². The van der Waals surface area contributed by atoms with Crippen LogP contribution in [0.4, 0.5) is 0 Å². The van der Waals surface area contributed by atoms with Crippen molar-refractivity contribution in [2.24, 2.45) is 10.7 Å². The molecule has 92 valence electrons. The summed E-state index contributed by atoms with van der Waals surface area (Å²) in [4.78, 5) is 6.39. The summed E-state index contributed by atoms with van der Waals surface area (Å²) in [7, 11) is 1.99. The highest BCUT2D eigenvalue weighted by Gasteiger charge is 2.30. The lowest BCUT2D eigenvalue weighted by molar-refractivity contribution is 0.0130. The van der Waals surface area contributed by atoms with Gasteiger partial charge in [0.15, 0.2) is 5.96 Å². The number of guanidine groups is 1. The topological polar surface area (TPSA) is 61.8 Å². The Morgan fingerprint density at radius 2 is 2.00 bits per heavy atom. The van der Waals surface area contributed by atoms with Gasteiger partial charge in [0.1, 0.15) is 0 Å². The molecule has 0 atom stereocenters. The Morgan fingerprint density at radius 3 is 2.56 bits per heavy atom.